The third kappa shape index (κ3) is 3.58. The van der Waals surface area contributed by atoms with Gasteiger partial charge >= 0.3 is 6.18 Å². The maximum absolute atomic E-state index is 13.6. The van der Waals surface area contributed by atoms with Crippen molar-refractivity contribution in [1.29, 1.82) is 0 Å². The topological polar surface area (TPSA) is 77.2 Å². The number of nitrogens with zero attached hydrogens (tertiary/aromatic N) is 1. The SMILES string of the molecule is CC1(NS(=O)C(C)(C)C)COc2c1cc(C(C)(CN)C(F)(F)F)nc2Cl. The molecule has 26 heavy (non-hydrogen) atoms. The van der Waals surface area contributed by atoms with E-state index in [9.17, 15) is 17.4 Å². The van der Waals surface area contributed by atoms with Gasteiger partial charge in [0, 0.05) is 12.1 Å². The number of rotatable bonds is 4. The van der Waals surface area contributed by atoms with Crippen LogP contribution in [0, 0.1) is 0 Å². The third-order valence-electron chi connectivity index (χ3n) is 4.50. The van der Waals surface area contributed by atoms with Crippen molar-refractivity contribution in [3.63, 3.8) is 0 Å². The van der Waals surface area contributed by atoms with E-state index in [1.54, 1.807) is 27.7 Å². The van der Waals surface area contributed by atoms with Crippen molar-refractivity contribution in [3.05, 3.63) is 22.5 Å². The number of fused-ring (bicyclic) bond motifs is 1. The van der Waals surface area contributed by atoms with Crippen molar-refractivity contribution in [3.8, 4) is 5.75 Å². The second-order valence-corrected chi connectivity index (χ2v) is 10.1. The van der Waals surface area contributed by atoms with E-state index in [4.69, 9.17) is 22.1 Å². The number of aromatic nitrogens is 1. The maximum atomic E-state index is 13.6. The lowest BCUT2D eigenvalue weighted by Gasteiger charge is -2.32. The fraction of sp³-hybridized carbons (Fsp3) is 0.688. The second-order valence-electron chi connectivity index (χ2n) is 7.81. The quantitative estimate of drug-likeness (QED) is 0.743. The van der Waals surface area contributed by atoms with Gasteiger partial charge < -0.3 is 10.5 Å². The monoisotopic (exact) mass is 413 g/mol. The van der Waals surface area contributed by atoms with E-state index in [0.29, 0.717) is 5.56 Å². The first-order chi connectivity index (χ1) is 11.7. The van der Waals surface area contributed by atoms with E-state index in [1.807, 2.05) is 0 Å². The van der Waals surface area contributed by atoms with Crippen LogP contribution in [0.25, 0.3) is 0 Å². The zero-order valence-electron chi connectivity index (χ0n) is 15.3. The summed E-state index contributed by atoms with van der Waals surface area (Å²) in [4.78, 5) is 3.88. The first-order valence-corrected chi connectivity index (χ1v) is 9.49. The predicted molar refractivity (Wildman–Crippen MR) is 95.6 cm³/mol. The number of nitrogens with one attached hydrogen (secondary N) is 1. The molecule has 3 unspecified atom stereocenters. The Kier molecular flexibility index (Phi) is 5.44. The average Bonchev–Trinajstić information content (AvgIpc) is 2.82. The summed E-state index contributed by atoms with van der Waals surface area (Å²) < 4.78 is 61.2. The molecule has 1 aliphatic heterocycles. The molecule has 0 spiro atoms. The zero-order chi connectivity index (χ0) is 20.1. The number of hydrogen-bond donors (Lipinski definition) is 2. The molecule has 1 aromatic rings. The van der Waals surface area contributed by atoms with Gasteiger partial charge in [-0.15, -0.1) is 0 Å². The standard InChI is InChI=1S/C16H23ClF3N3O2S/c1-13(2,3)26(24)23-15(5)8-25-11-9(15)6-10(22-12(11)17)14(4,7-21)16(18,19)20/h6,23H,7-8,21H2,1-5H3. The van der Waals surface area contributed by atoms with E-state index < -0.39 is 39.4 Å². The molecule has 0 aromatic carbocycles. The van der Waals surface area contributed by atoms with Gasteiger partial charge in [-0.3, -0.25) is 0 Å². The number of hydrogen-bond acceptors (Lipinski definition) is 4. The predicted octanol–water partition coefficient (Wildman–Crippen LogP) is 3.17. The summed E-state index contributed by atoms with van der Waals surface area (Å²) in [6.07, 6.45) is -4.61. The molecule has 148 valence electrons. The third-order valence-corrected chi connectivity index (χ3v) is 6.51. The van der Waals surface area contributed by atoms with Crippen molar-refractivity contribution in [2.75, 3.05) is 13.2 Å². The fourth-order valence-electron chi connectivity index (χ4n) is 2.43. The Bertz CT molecular complexity index is 739. The molecule has 0 saturated heterocycles. The van der Waals surface area contributed by atoms with Crippen LogP contribution in [0.3, 0.4) is 0 Å². The van der Waals surface area contributed by atoms with Crippen LogP contribution in [0.1, 0.15) is 45.9 Å². The van der Waals surface area contributed by atoms with Crippen LogP contribution >= 0.6 is 11.6 Å². The Morgan fingerprint density at radius 3 is 2.42 bits per heavy atom. The van der Waals surface area contributed by atoms with Gasteiger partial charge in [0.15, 0.2) is 10.9 Å². The molecule has 0 aliphatic carbocycles. The summed E-state index contributed by atoms with van der Waals surface area (Å²) >= 11 is 6.09. The molecule has 2 heterocycles. The molecule has 1 aliphatic rings. The van der Waals surface area contributed by atoms with Crippen LogP contribution < -0.4 is 15.2 Å². The van der Waals surface area contributed by atoms with Crippen molar-refractivity contribution >= 4 is 22.6 Å². The van der Waals surface area contributed by atoms with Crippen LogP contribution in [-0.2, 0) is 21.9 Å². The lowest BCUT2D eigenvalue weighted by molar-refractivity contribution is -0.183. The Labute approximate surface area is 158 Å². The molecule has 3 N–H and O–H groups in total. The Morgan fingerprint density at radius 2 is 1.96 bits per heavy atom. The van der Waals surface area contributed by atoms with E-state index in [0.717, 1.165) is 6.92 Å². The van der Waals surface area contributed by atoms with Gasteiger partial charge in [0.05, 0.1) is 27.0 Å². The molecule has 0 radical (unpaired) electrons. The highest BCUT2D eigenvalue weighted by Crippen LogP contribution is 2.46. The molecule has 3 atom stereocenters. The number of nitrogens with two attached hydrogens (primary N) is 1. The van der Waals surface area contributed by atoms with Gasteiger partial charge in [-0.25, -0.2) is 13.9 Å². The summed E-state index contributed by atoms with van der Waals surface area (Å²) in [5.74, 6) is 0.192. The molecule has 1 aromatic heterocycles. The molecule has 2 rings (SSSR count). The number of alkyl halides is 3. The lowest BCUT2D eigenvalue weighted by atomic mass is 9.83. The average molecular weight is 414 g/mol. The largest absolute Gasteiger partial charge is 0.488 e. The zero-order valence-corrected chi connectivity index (χ0v) is 16.8. The summed E-state index contributed by atoms with van der Waals surface area (Å²) in [6.45, 7) is 7.43. The highest BCUT2D eigenvalue weighted by molar-refractivity contribution is 7.84. The summed E-state index contributed by atoms with van der Waals surface area (Å²) in [5.41, 5.74) is 2.18. The smallest absolute Gasteiger partial charge is 0.400 e. The second kappa shape index (κ2) is 6.61. The number of ether oxygens (including phenoxy) is 1. The van der Waals surface area contributed by atoms with E-state index >= 15 is 0 Å². The Balaban J connectivity index is 2.57. The van der Waals surface area contributed by atoms with Crippen molar-refractivity contribution < 1.29 is 22.1 Å². The van der Waals surface area contributed by atoms with Crippen LogP contribution in [0.2, 0.25) is 5.15 Å². The first kappa shape index (κ1) is 21.4. The van der Waals surface area contributed by atoms with Crippen molar-refractivity contribution in [1.82, 2.24) is 9.71 Å². The lowest BCUT2D eigenvalue weighted by Crippen LogP contribution is -2.48. The fourth-order valence-corrected chi connectivity index (χ4v) is 3.57. The highest BCUT2D eigenvalue weighted by Gasteiger charge is 2.54. The minimum absolute atomic E-state index is 0.0698. The molecule has 0 bridgehead atoms. The molecule has 0 amide bonds. The van der Waals surface area contributed by atoms with Gasteiger partial charge in [0.1, 0.15) is 12.0 Å². The minimum Gasteiger partial charge on any atom is -0.488 e. The normalized spacial score (nSPS) is 23.9. The van der Waals surface area contributed by atoms with E-state index in [1.165, 1.54) is 6.07 Å². The molecular formula is C16H23ClF3N3O2S. The Morgan fingerprint density at radius 1 is 1.38 bits per heavy atom. The van der Waals surface area contributed by atoms with E-state index in [-0.39, 0.29) is 23.2 Å². The van der Waals surface area contributed by atoms with Crippen molar-refractivity contribution in [2.24, 2.45) is 5.73 Å². The summed E-state index contributed by atoms with van der Waals surface area (Å²) in [5, 5.41) is -0.173. The molecular weight excluding hydrogens is 391 g/mol. The van der Waals surface area contributed by atoms with Crippen LogP contribution in [0.4, 0.5) is 13.2 Å². The molecule has 10 heteroatoms. The summed E-state index contributed by atoms with van der Waals surface area (Å²) in [7, 11) is -1.47. The number of halogens is 4. The summed E-state index contributed by atoms with van der Waals surface area (Å²) in [6, 6.07) is 1.29. The van der Waals surface area contributed by atoms with Crippen LogP contribution in [0.5, 0.6) is 5.75 Å². The minimum atomic E-state index is -4.61. The van der Waals surface area contributed by atoms with Gasteiger partial charge in [0.2, 0.25) is 0 Å². The van der Waals surface area contributed by atoms with Gasteiger partial charge in [-0.1, -0.05) is 11.6 Å². The highest BCUT2D eigenvalue weighted by atomic mass is 35.5. The molecule has 0 saturated carbocycles. The van der Waals surface area contributed by atoms with Gasteiger partial charge in [-0.05, 0) is 40.7 Å². The van der Waals surface area contributed by atoms with Crippen LogP contribution in [-0.4, -0.2) is 33.3 Å². The first-order valence-electron chi connectivity index (χ1n) is 7.96. The maximum Gasteiger partial charge on any atom is 0.400 e. The number of pyridine rings is 1. The molecule has 5 nitrogen and oxygen atoms in total. The Hall–Kier alpha value is -0.900. The van der Waals surface area contributed by atoms with Gasteiger partial charge in [-0.2, -0.15) is 13.2 Å². The van der Waals surface area contributed by atoms with Crippen LogP contribution in [0.15, 0.2) is 6.07 Å². The molecule has 0 fully saturated rings. The van der Waals surface area contributed by atoms with Gasteiger partial charge in [0.25, 0.3) is 0 Å². The van der Waals surface area contributed by atoms with Crippen molar-refractivity contribution in [2.45, 2.75) is 56.5 Å². The van der Waals surface area contributed by atoms with E-state index in [2.05, 4.69) is 9.71 Å².